The van der Waals surface area contributed by atoms with E-state index in [2.05, 4.69) is 23.7 Å². The summed E-state index contributed by atoms with van der Waals surface area (Å²) in [6, 6.07) is 25.1. The molecule has 4 aromatic carbocycles. The molecule has 0 spiro atoms. The third kappa shape index (κ3) is 4.49. The molecule has 5 rings (SSSR count). The predicted octanol–water partition coefficient (Wildman–Crippen LogP) is 5.28. The van der Waals surface area contributed by atoms with Crippen LogP contribution in [0, 0.1) is 23.7 Å². The third-order valence-corrected chi connectivity index (χ3v) is 5.90. The Balaban J connectivity index is 1.42. The van der Waals surface area contributed by atoms with Crippen LogP contribution in [0.2, 0.25) is 0 Å². The van der Waals surface area contributed by atoms with Gasteiger partial charge in [-0.1, -0.05) is 23.7 Å². The maximum Gasteiger partial charge on any atom is 0.194 e. The second-order valence-electron chi connectivity index (χ2n) is 8.14. The van der Waals surface area contributed by atoms with Crippen LogP contribution in [0.1, 0.15) is 54.1 Å². The fourth-order valence-electron chi connectivity index (χ4n) is 3.94. The lowest BCUT2D eigenvalue weighted by molar-refractivity contribution is 0.0979. The Kier molecular flexibility index (Phi) is 6.10. The van der Waals surface area contributed by atoms with Gasteiger partial charge in [0.25, 0.3) is 0 Å². The zero-order valence-corrected chi connectivity index (χ0v) is 19.7. The van der Waals surface area contributed by atoms with E-state index in [-0.39, 0.29) is 11.6 Å². The van der Waals surface area contributed by atoms with Crippen molar-refractivity contribution in [3.63, 3.8) is 0 Å². The number of ketones is 2. The molecule has 0 bridgehead atoms. The number of benzene rings is 4. The van der Waals surface area contributed by atoms with Gasteiger partial charge in [0.15, 0.2) is 11.6 Å². The molecule has 36 heavy (non-hydrogen) atoms. The highest BCUT2D eigenvalue weighted by Crippen LogP contribution is 2.28. The minimum atomic E-state index is -0.192. The predicted molar refractivity (Wildman–Crippen MR) is 138 cm³/mol. The van der Waals surface area contributed by atoms with Crippen LogP contribution < -0.4 is 9.47 Å². The van der Waals surface area contributed by atoms with E-state index in [0.29, 0.717) is 33.4 Å². The number of hydrogen-bond acceptors (Lipinski definition) is 4. The topological polar surface area (TPSA) is 52.6 Å². The molecule has 1 aliphatic carbocycles. The lowest BCUT2D eigenvalue weighted by Crippen LogP contribution is -2.21. The summed E-state index contributed by atoms with van der Waals surface area (Å²) in [5, 5.41) is 0. The maximum absolute atomic E-state index is 13.2. The Morgan fingerprint density at radius 2 is 0.778 bits per heavy atom. The van der Waals surface area contributed by atoms with Crippen LogP contribution in [-0.2, 0) is 0 Å². The Hall–Kier alpha value is -5.06. The first-order chi connectivity index (χ1) is 17.6. The molecule has 1 aliphatic rings. The Morgan fingerprint density at radius 3 is 1.14 bits per heavy atom. The van der Waals surface area contributed by atoms with Crippen molar-refractivity contribution in [3.8, 4) is 35.2 Å². The highest BCUT2D eigenvalue weighted by atomic mass is 16.5. The van der Waals surface area contributed by atoms with Crippen LogP contribution in [0.25, 0.3) is 0 Å². The van der Waals surface area contributed by atoms with Crippen LogP contribution in [0.3, 0.4) is 0 Å². The van der Waals surface area contributed by atoms with Gasteiger partial charge in [-0.3, -0.25) is 9.59 Å². The van der Waals surface area contributed by atoms with Gasteiger partial charge in [-0.2, -0.15) is 0 Å². The van der Waals surface area contributed by atoms with Gasteiger partial charge in [0.1, 0.15) is 11.5 Å². The molecule has 4 heteroatoms. The molecule has 172 valence electrons. The molecule has 0 heterocycles. The van der Waals surface area contributed by atoms with Gasteiger partial charge in [-0.25, -0.2) is 0 Å². The quantitative estimate of drug-likeness (QED) is 0.331. The smallest absolute Gasteiger partial charge is 0.194 e. The maximum atomic E-state index is 13.2. The van der Waals surface area contributed by atoms with E-state index in [1.807, 2.05) is 48.5 Å². The summed E-state index contributed by atoms with van der Waals surface area (Å²) in [6.45, 7) is 0. The van der Waals surface area contributed by atoms with Gasteiger partial charge in [0, 0.05) is 44.5 Å². The number of carbonyl (C=O) groups is 2. The molecule has 4 nitrogen and oxygen atoms in total. The largest absolute Gasteiger partial charge is 0.497 e. The van der Waals surface area contributed by atoms with Crippen molar-refractivity contribution in [2.24, 2.45) is 0 Å². The lowest BCUT2D eigenvalue weighted by Gasteiger charge is -2.17. The molecule has 0 saturated heterocycles. The molecule has 0 radical (unpaired) electrons. The van der Waals surface area contributed by atoms with Crippen LogP contribution in [0.4, 0.5) is 0 Å². The normalized spacial score (nSPS) is 11.3. The molecule has 0 unspecified atom stereocenters. The summed E-state index contributed by atoms with van der Waals surface area (Å²) >= 11 is 0. The first-order valence-electron chi connectivity index (χ1n) is 11.3. The molecule has 4 aromatic rings. The van der Waals surface area contributed by atoms with Crippen LogP contribution in [0.5, 0.6) is 11.5 Å². The number of methoxy groups -OCH3 is 2. The van der Waals surface area contributed by atoms with Crippen molar-refractivity contribution in [2.75, 3.05) is 14.2 Å². The monoisotopic (exact) mass is 468 g/mol. The molecular formula is C32H20O4. The first kappa shape index (κ1) is 22.7. The molecule has 0 aliphatic heterocycles. The van der Waals surface area contributed by atoms with E-state index in [0.717, 1.165) is 22.6 Å². The van der Waals surface area contributed by atoms with Gasteiger partial charge < -0.3 is 9.47 Å². The number of fused-ring (bicyclic) bond motifs is 2. The second-order valence-corrected chi connectivity index (χ2v) is 8.14. The molecule has 0 aromatic heterocycles. The zero-order valence-electron chi connectivity index (χ0n) is 19.7. The highest BCUT2D eigenvalue weighted by Gasteiger charge is 2.29. The van der Waals surface area contributed by atoms with Gasteiger partial charge in [0.05, 0.1) is 14.2 Å². The molecule has 0 amide bonds. The van der Waals surface area contributed by atoms with Crippen LogP contribution >= 0.6 is 0 Å². The summed E-state index contributed by atoms with van der Waals surface area (Å²) < 4.78 is 10.3. The van der Waals surface area contributed by atoms with Crippen molar-refractivity contribution in [3.05, 3.63) is 129 Å². The highest BCUT2D eigenvalue weighted by molar-refractivity contribution is 6.28. The van der Waals surface area contributed by atoms with E-state index in [1.165, 1.54) is 0 Å². The minimum absolute atomic E-state index is 0.192. The van der Waals surface area contributed by atoms with Gasteiger partial charge in [0.2, 0.25) is 0 Å². The standard InChI is InChI=1S/C32H20O4/c1-35-25-13-7-21(8-14-25)3-5-23-11-17-27-29(19-23)31(33)28-18-12-24(20-30(28)32(27)34)6-4-22-9-15-26(36-2)16-10-22/h7-20H,1-2H3. The number of carbonyl (C=O) groups excluding carboxylic acids is 2. The Labute approximate surface area is 209 Å². The molecule has 0 N–H and O–H groups in total. The number of hydrogen-bond donors (Lipinski definition) is 0. The van der Waals surface area contributed by atoms with E-state index in [9.17, 15) is 9.59 Å². The zero-order chi connectivity index (χ0) is 25.1. The van der Waals surface area contributed by atoms with E-state index < -0.39 is 0 Å². The summed E-state index contributed by atoms with van der Waals surface area (Å²) in [6.07, 6.45) is 0. The summed E-state index contributed by atoms with van der Waals surface area (Å²) in [7, 11) is 3.22. The van der Waals surface area contributed by atoms with Crippen molar-refractivity contribution in [1.29, 1.82) is 0 Å². The average molecular weight is 469 g/mol. The third-order valence-electron chi connectivity index (χ3n) is 5.90. The SMILES string of the molecule is COc1ccc(C#Cc2ccc3c(c2)C(=O)c2ccc(C#Cc4ccc(OC)cc4)cc2C3=O)cc1. The first-order valence-corrected chi connectivity index (χ1v) is 11.3. The van der Waals surface area contributed by atoms with E-state index in [4.69, 9.17) is 9.47 Å². The van der Waals surface area contributed by atoms with E-state index >= 15 is 0 Å². The fourth-order valence-corrected chi connectivity index (χ4v) is 3.94. The Bertz CT molecular complexity index is 1500. The van der Waals surface area contributed by atoms with Gasteiger partial charge >= 0.3 is 0 Å². The minimum Gasteiger partial charge on any atom is -0.497 e. The van der Waals surface area contributed by atoms with Crippen molar-refractivity contribution in [2.45, 2.75) is 0 Å². The fraction of sp³-hybridized carbons (Fsp3) is 0.0625. The summed E-state index contributed by atoms with van der Waals surface area (Å²) in [5.41, 5.74) is 4.46. The van der Waals surface area contributed by atoms with Crippen LogP contribution in [0.15, 0.2) is 84.9 Å². The molecular weight excluding hydrogens is 448 g/mol. The van der Waals surface area contributed by atoms with Gasteiger partial charge in [-0.05, 0) is 84.9 Å². The summed E-state index contributed by atoms with van der Waals surface area (Å²) in [4.78, 5) is 26.5. The Morgan fingerprint density at radius 1 is 0.444 bits per heavy atom. The molecule has 0 fully saturated rings. The second kappa shape index (κ2) is 9.66. The summed E-state index contributed by atoms with van der Waals surface area (Å²) in [5.74, 6) is 13.4. The van der Waals surface area contributed by atoms with Crippen molar-refractivity contribution in [1.82, 2.24) is 0 Å². The van der Waals surface area contributed by atoms with Crippen molar-refractivity contribution < 1.29 is 19.1 Å². The average Bonchev–Trinajstić information content (AvgIpc) is 2.94. The number of ether oxygens (including phenoxy) is 2. The van der Waals surface area contributed by atoms with Gasteiger partial charge in [-0.15, -0.1) is 0 Å². The van der Waals surface area contributed by atoms with Crippen molar-refractivity contribution >= 4 is 11.6 Å². The van der Waals surface area contributed by atoms with E-state index in [1.54, 1.807) is 50.6 Å². The van der Waals surface area contributed by atoms with Crippen LogP contribution in [-0.4, -0.2) is 25.8 Å². The number of rotatable bonds is 2. The molecule has 0 saturated carbocycles. The lowest BCUT2D eigenvalue weighted by atomic mass is 9.82. The molecule has 0 atom stereocenters.